The number of aryl methyl sites for hydroxylation is 1. The van der Waals surface area contributed by atoms with E-state index in [4.69, 9.17) is 0 Å². The fraction of sp³-hybridized carbons (Fsp3) is 0.471. The molecule has 128 valence electrons. The molecule has 24 heavy (non-hydrogen) atoms. The van der Waals surface area contributed by atoms with E-state index in [2.05, 4.69) is 31.0 Å². The van der Waals surface area contributed by atoms with Crippen molar-refractivity contribution >= 4 is 11.7 Å². The van der Waals surface area contributed by atoms with Crippen LogP contribution in [-0.2, 0) is 13.1 Å². The van der Waals surface area contributed by atoms with Crippen molar-refractivity contribution in [2.75, 3.05) is 38.6 Å². The molecule has 1 amide bonds. The van der Waals surface area contributed by atoms with Crippen molar-refractivity contribution in [2.24, 2.45) is 0 Å². The van der Waals surface area contributed by atoms with Gasteiger partial charge in [0.2, 0.25) is 0 Å². The summed E-state index contributed by atoms with van der Waals surface area (Å²) in [7, 11) is 3.96. The minimum absolute atomic E-state index is 0.0803. The maximum absolute atomic E-state index is 12.1. The minimum Gasteiger partial charge on any atom is -0.351 e. The molecule has 7 heteroatoms. The predicted octanol–water partition coefficient (Wildman–Crippen LogP) is 0.898. The number of fused-ring (bicyclic) bond motifs is 1. The highest BCUT2D eigenvalue weighted by Crippen LogP contribution is 2.19. The van der Waals surface area contributed by atoms with E-state index in [1.54, 1.807) is 6.20 Å². The van der Waals surface area contributed by atoms with Crippen molar-refractivity contribution < 1.29 is 4.79 Å². The summed E-state index contributed by atoms with van der Waals surface area (Å²) in [6.45, 7) is 5.98. The van der Waals surface area contributed by atoms with Gasteiger partial charge in [-0.1, -0.05) is 0 Å². The summed E-state index contributed by atoms with van der Waals surface area (Å²) in [5.41, 5.74) is 2.84. The van der Waals surface area contributed by atoms with Gasteiger partial charge in [0.05, 0.1) is 30.0 Å². The van der Waals surface area contributed by atoms with Crippen LogP contribution >= 0.6 is 0 Å². The van der Waals surface area contributed by atoms with Gasteiger partial charge < -0.3 is 15.1 Å². The number of hydrogen-bond acceptors (Lipinski definition) is 5. The first-order valence-corrected chi connectivity index (χ1v) is 8.20. The summed E-state index contributed by atoms with van der Waals surface area (Å²) in [6, 6.07) is 5.86. The molecule has 0 aliphatic carbocycles. The lowest BCUT2D eigenvalue weighted by atomic mass is 10.2. The van der Waals surface area contributed by atoms with Crippen molar-refractivity contribution in [3.63, 3.8) is 0 Å². The maximum Gasteiger partial charge on any atom is 0.252 e. The molecule has 3 heterocycles. The second kappa shape index (κ2) is 7.00. The Hall–Kier alpha value is -2.41. The zero-order valence-electron chi connectivity index (χ0n) is 14.5. The first kappa shape index (κ1) is 16.4. The quantitative estimate of drug-likeness (QED) is 0.883. The number of hydrogen-bond donors (Lipinski definition) is 1. The molecule has 0 saturated heterocycles. The summed E-state index contributed by atoms with van der Waals surface area (Å²) in [6.07, 6.45) is 1.65. The number of rotatable bonds is 5. The normalized spacial score (nSPS) is 13.9. The van der Waals surface area contributed by atoms with Gasteiger partial charge in [0.25, 0.3) is 5.91 Å². The van der Waals surface area contributed by atoms with E-state index < -0.39 is 0 Å². The fourth-order valence-electron chi connectivity index (χ4n) is 2.81. The van der Waals surface area contributed by atoms with Crippen LogP contribution in [0, 0.1) is 6.92 Å². The molecule has 0 bridgehead atoms. The minimum atomic E-state index is -0.0803. The van der Waals surface area contributed by atoms with Crippen LogP contribution in [0.3, 0.4) is 0 Å². The van der Waals surface area contributed by atoms with E-state index >= 15 is 0 Å². The topological polar surface area (TPSA) is 66.3 Å². The van der Waals surface area contributed by atoms with E-state index in [0.29, 0.717) is 12.1 Å². The van der Waals surface area contributed by atoms with Crippen LogP contribution in [0.25, 0.3) is 0 Å². The summed E-state index contributed by atoms with van der Waals surface area (Å²) in [5.74, 6) is 0.813. The number of carbonyl (C=O) groups is 1. The Labute approximate surface area is 142 Å². The van der Waals surface area contributed by atoms with Gasteiger partial charge in [0.15, 0.2) is 0 Å². The van der Waals surface area contributed by atoms with Crippen molar-refractivity contribution in [3.05, 3.63) is 41.3 Å². The van der Waals surface area contributed by atoms with Crippen molar-refractivity contribution in [2.45, 2.75) is 20.0 Å². The lowest BCUT2D eigenvalue weighted by Crippen LogP contribution is -2.34. The van der Waals surface area contributed by atoms with Crippen LogP contribution in [0.2, 0.25) is 0 Å². The van der Waals surface area contributed by atoms with Gasteiger partial charge in [-0.3, -0.25) is 9.48 Å². The molecule has 0 atom stereocenters. The van der Waals surface area contributed by atoms with Gasteiger partial charge in [0.1, 0.15) is 5.82 Å². The Morgan fingerprint density at radius 2 is 2.17 bits per heavy atom. The average Bonchev–Trinajstić information content (AvgIpc) is 2.93. The van der Waals surface area contributed by atoms with Gasteiger partial charge in [-0.15, -0.1) is 0 Å². The van der Waals surface area contributed by atoms with Gasteiger partial charge in [-0.2, -0.15) is 5.10 Å². The molecule has 2 aromatic rings. The number of aromatic nitrogens is 3. The van der Waals surface area contributed by atoms with Crippen LogP contribution in [0.15, 0.2) is 24.4 Å². The number of amides is 1. The molecule has 2 aromatic heterocycles. The van der Waals surface area contributed by atoms with E-state index in [-0.39, 0.29) is 5.91 Å². The number of nitrogens with one attached hydrogen (secondary N) is 1. The number of anilines is 1. The Balaban J connectivity index is 1.61. The fourth-order valence-corrected chi connectivity index (χ4v) is 2.81. The van der Waals surface area contributed by atoms with Gasteiger partial charge in [0, 0.05) is 25.8 Å². The van der Waals surface area contributed by atoms with Crippen molar-refractivity contribution in [1.29, 1.82) is 0 Å². The maximum atomic E-state index is 12.1. The second-order valence-electron chi connectivity index (χ2n) is 6.39. The standard InChI is InChI=1S/C17H24N6O/c1-13-10-15-12-22(8-9-23(15)20-13)16-5-4-14(11-19-16)17(24)18-6-7-21(2)3/h4-5,10-11H,6-9,12H2,1-3H3,(H,18,24). The molecule has 0 aromatic carbocycles. The molecule has 0 radical (unpaired) electrons. The van der Waals surface area contributed by atoms with Crippen LogP contribution < -0.4 is 10.2 Å². The van der Waals surface area contributed by atoms with Gasteiger partial charge >= 0.3 is 0 Å². The first-order valence-electron chi connectivity index (χ1n) is 8.20. The third kappa shape index (κ3) is 3.73. The summed E-state index contributed by atoms with van der Waals surface area (Å²) in [5, 5.41) is 7.37. The van der Waals surface area contributed by atoms with E-state index in [9.17, 15) is 4.79 Å². The Kier molecular flexibility index (Phi) is 4.80. The van der Waals surface area contributed by atoms with Crippen molar-refractivity contribution in [3.8, 4) is 0 Å². The molecule has 0 saturated carbocycles. The van der Waals surface area contributed by atoms with Crippen LogP contribution in [-0.4, -0.2) is 59.3 Å². The Morgan fingerprint density at radius 1 is 1.33 bits per heavy atom. The Bertz CT molecular complexity index is 706. The van der Waals surface area contributed by atoms with E-state index in [1.807, 2.05) is 38.1 Å². The third-order valence-electron chi connectivity index (χ3n) is 4.10. The highest BCUT2D eigenvalue weighted by atomic mass is 16.1. The summed E-state index contributed by atoms with van der Waals surface area (Å²) in [4.78, 5) is 20.8. The van der Waals surface area contributed by atoms with E-state index in [0.717, 1.165) is 37.7 Å². The summed E-state index contributed by atoms with van der Waals surface area (Å²) >= 11 is 0. The van der Waals surface area contributed by atoms with Crippen molar-refractivity contribution in [1.82, 2.24) is 25.0 Å². The molecule has 0 unspecified atom stereocenters. The largest absolute Gasteiger partial charge is 0.351 e. The van der Waals surface area contributed by atoms with Crippen LogP contribution in [0.1, 0.15) is 21.7 Å². The molecule has 0 spiro atoms. The highest BCUT2D eigenvalue weighted by Gasteiger charge is 2.19. The number of likely N-dealkylation sites (N-methyl/N-ethyl adjacent to an activating group) is 1. The number of pyridine rings is 1. The van der Waals surface area contributed by atoms with E-state index in [1.165, 1.54) is 5.69 Å². The molecule has 3 rings (SSSR count). The monoisotopic (exact) mass is 328 g/mol. The zero-order chi connectivity index (χ0) is 17.1. The zero-order valence-corrected chi connectivity index (χ0v) is 14.5. The number of nitrogens with zero attached hydrogens (tertiary/aromatic N) is 5. The Morgan fingerprint density at radius 3 is 2.88 bits per heavy atom. The molecular formula is C17H24N6O. The van der Waals surface area contributed by atoms with Gasteiger partial charge in [-0.25, -0.2) is 4.98 Å². The molecule has 1 aliphatic rings. The molecular weight excluding hydrogens is 304 g/mol. The predicted molar refractivity (Wildman–Crippen MR) is 93.1 cm³/mol. The van der Waals surface area contributed by atoms with Crippen LogP contribution in [0.4, 0.5) is 5.82 Å². The highest BCUT2D eigenvalue weighted by molar-refractivity contribution is 5.94. The average molecular weight is 328 g/mol. The third-order valence-corrected chi connectivity index (χ3v) is 4.10. The lowest BCUT2D eigenvalue weighted by Gasteiger charge is -2.28. The molecule has 7 nitrogen and oxygen atoms in total. The number of carbonyl (C=O) groups excluding carboxylic acids is 1. The first-order chi connectivity index (χ1) is 11.5. The molecule has 1 N–H and O–H groups in total. The van der Waals surface area contributed by atoms with Crippen LogP contribution in [0.5, 0.6) is 0 Å². The van der Waals surface area contributed by atoms with Gasteiger partial charge in [-0.05, 0) is 39.2 Å². The second-order valence-corrected chi connectivity index (χ2v) is 6.39. The smallest absolute Gasteiger partial charge is 0.252 e. The lowest BCUT2D eigenvalue weighted by molar-refractivity contribution is 0.0950. The molecule has 0 fully saturated rings. The molecule has 1 aliphatic heterocycles. The summed E-state index contributed by atoms with van der Waals surface area (Å²) < 4.78 is 2.05. The SMILES string of the molecule is Cc1cc2n(n1)CCN(c1ccc(C(=O)NCCN(C)C)cn1)C2.